The minimum absolute atomic E-state index is 0.201. The van der Waals surface area contributed by atoms with Crippen LogP contribution in [0.5, 0.6) is 0 Å². The topological polar surface area (TPSA) is 62.1 Å². The van der Waals surface area contributed by atoms with E-state index in [0.29, 0.717) is 17.3 Å². The maximum absolute atomic E-state index is 12.4. The van der Waals surface area contributed by atoms with Crippen LogP contribution in [0.15, 0.2) is 18.2 Å². The van der Waals surface area contributed by atoms with Crippen LogP contribution in [0.2, 0.25) is 0 Å². The van der Waals surface area contributed by atoms with Crippen LogP contribution >= 0.6 is 0 Å². The van der Waals surface area contributed by atoms with Gasteiger partial charge in [-0.3, -0.25) is 4.90 Å². The van der Waals surface area contributed by atoms with Crippen molar-refractivity contribution in [1.29, 1.82) is 0 Å². The van der Waals surface area contributed by atoms with E-state index in [1.165, 1.54) is 17.5 Å². The van der Waals surface area contributed by atoms with Gasteiger partial charge in [0, 0.05) is 31.3 Å². The van der Waals surface area contributed by atoms with E-state index in [9.17, 15) is 9.70 Å². The van der Waals surface area contributed by atoms with E-state index in [0.717, 1.165) is 51.7 Å². The first-order valence-corrected chi connectivity index (χ1v) is 11.2. The van der Waals surface area contributed by atoms with Gasteiger partial charge in [0.1, 0.15) is 6.73 Å². The van der Waals surface area contributed by atoms with Crippen LogP contribution in [0.4, 0.5) is 10.5 Å². The summed E-state index contributed by atoms with van der Waals surface area (Å²) >= 11 is 0. The molecule has 1 saturated heterocycles. The average Bonchev–Trinajstić information content (AvgIpc) is 2.73. The monoisotopic (exact) mass is 418 g/mol. The second kappa shape index (κ2) is 9.77. The van der Waals surface area contributed by atoms with E-state index < -0.39 is 5.60 Å². The molecule has 1 aromatic rings. The van der Waals surface area contributed by atoms with Gasteiger partial charge in [-0.2, -0.15) is 0 Å². The number of fused-ring (bicyclic) bond motifs is 1. The van der Waals surface area contributed by atoms with Gasteiger partial charge in [0.2, 0.25) is 0 Å². The van der Waals surface area contributed by atoms with E-state index in [2.05, 4.69) is 11.8 Å². The number of nitrogens with zero attached hydrogens (tertiary/aromatic N) is 3. The molecule has 1 aliphatic carbocycles. The van der Waals surface area contributed by atoms with Crippen molar-refractivity contribution < 1.29 is 19.3 Å². The smallest absolute Gasteiger partial charge is 0.411 e. The number of benzene rings is 1. The molecule has 1 aromatic carbocycles. The number of piperidine rings is 1. The Labute approximate surface area is 179 Å². The number of likely N-dealkylation sites (tertiary alicyclic amines) is 1. The normalized spacial score (nSPS) is 19.4. The molecule has 1 atom stereocenters. The van der Waals surface area contributed by atoms with Gasteiger partial charge in [-0.1, -0.05) is 13.0 Å². The van der Waals surface area contributed by atoms with Crippen molar-refractivity contribution in [2.45, 2.75) is 77.9 Å². The molecular formula is C23H36N3O4+. The molecule has 1 aliphatic heterocycles. The van der Waals surface area contributed by atoms with Crippen molar-refractivity contribution in [2.75, 3.05) is 26.4 Å². The predicted octanol–water partition coefficient (Wildman–Crippen LogP) is 4.59. The quantitative estimate of drug-likeness (QED) is 0.500. The Morgan fingerprint density at radius 3 is 2.60 bits per heavy atom. The van der Waals surface area contributed by atoms with E-state index >= 15 is 0 Å². The summed E-state index contributed by atoms with van der Waals surface area (Å²) in [6, 6.07) is 6.09. The third-order valence-electron chi connectivity index (χ3n) is 5.85. The molecule has 0 aromatic heterocycles. The van der Waals surface area contributed by atoms with Crippen LogP contribution in [-0.4, -0.2) is 58.8 Å². The highest BCUT2D eigenvalue weighted by Crippen LogP contribution is 2.29. The van der Waals surface area contributed by atoms with Gasteiger partial charge in [-0.25, -0.2) is 9.63 Å². The third-order valence-corrected chi connectivity index (χ3v) is 5.85. The van der Waals surface area contributed by atoms with Crippen molar-refractivity contribution in [3.63, 3.8) is 0 Å². The molecule has 0 spiro atoms. The fourth-order valence-electron chi connectivity index (χ4n) is 4.21. The van der Waals surface area contributed by atoms with Crippen LogP contribution in [0.1, 0.15) is 64.5 Å². The number of carbonyl (C=O) groups excluding carboxylic acids is 1. The average molecular weight is 419 g/mol. The highest BCUT2D eigenvalue weighted by atomic mass is 16.8. The molecule has 0 saturated carbocycles. The van der Waals surface area contributed by atoms with Gasteiger partial charge in [0.15, 0.2) is 5.60 Å². The maximum Gasteiger partial charge on any atom is 0.411 e. The fourth-order valence-corrected chi connectivity index (χ4v) is 4.21. The number of aryl methyl sites for hydroxylation is 1. The molecule has 1 unspecified atom stereocenters. The zero-order valence-corrected chi connectivity index (χ0v) is 18.9. The first-order valence-electron chi connectivity index (χ1n) is 11.2. The van der Waals surface area contributed by atoms with Gasteiger partial charge in [-0.15, -0.1) is 0 Å². The molecule has 0 N–H and O–H groups in total. The van der Waals surface area contributed by atoms with Crippen LogP contribution < -0.4 is 0 Å². The molecule has 30 heavy (non-hydrogen) atoms. The van der Waals surface area contributed by atoms with Crippen molar-refractivity contribution >= 4 is 11.8 Å². The molecule has 7 heteroatoms. The van der Waals surface area contributed by atoms with Crippen LogP contribution in [-0.2, 0) is 22.4 Å². The molecule has 7 nitrogen and oxygen atoms in total. The summed E-state index contributed by atoms with van der Waals surface area (Å²) in [5.41, 5.74) is 2.42. The Morgan fingerprint density at radius 2 is 1.93 bits per heavy atom. The summed E-state index contributed by atoms with van der Waals surface area (Å²) in [6.07, 6.45) is 5.91. The van der Waals surface area contributed by atoms with Crippen LogP contribution in [0.3, 0.4) is 0 Å². The van der Waals surface area contributed by atoms with Gasteiger partial charge in [0.25, 0.3) is 4.92 Å². The Hall–Kier alpha value is -2.15. The number of rotatable bonds is 6. The minimum atomic E-state index is -0.544. The largest absolute Gasteiger partial charge is 0.433 e. The van der Waals surface area contributed by atoms with Crippen molar-refractivity contribution in [3.05, 3.63) is 34.2 Å². The molecule has 3 rings (SSSR count). The standard InChI is InChI=1S/C23H36N3O4/c1-5-24(17-29-22(27)25-13-7-6-8-14-25)20-11-9-18-10-12-21(16-19(18)15-20)26(28)30-23(2,3)4/h10,12,16,20H,5-9,11,13-15,17H2,1-4H3/q+1. The lowest BCUT2D eigenvalue weighted by molar-refractivity contribution is -0.766. The summed E-state index contributed by atoms with van der Waals surface area (Å²) in [6.45, 7) is 10.4. The molecule has 1 fully saturated rings. The third kappa shape index (κ3) is 5.94. The Morgan fingerprint density at radius 1 is 1.20 bits per heavy atom. The molecule has 2 aliphatic rings. The Balaban J connectivity index is 1.61. The number of likely N-dealkylation sites (N-methyl/N-ethyl adjacent to an activating group) is 1. The van der Waals surface area contributed by atoms with Gasteiger partial charge >= 0.3 is 11.8 Å². The Kier molecular flexibility index (Phi) is 7.34. The number of carbonyl (C=O) groups is 1. The van der Waals surface area contributed by atoms with Gasteiger partial charge in [-0.05, 0) is 77.0 Å². The van der Waals surface area contributed by atoms with Gasteiger partial charge < -0.3 is 9.64 Å². The fraction of sp³-hybridized carbons (Fsp3) is 0.696. The van der Waals surface area contributed by atoms with Crippen molar-refractivity contribution in [3.8, 4) is 0 Å². The second-order valence-electron chi connectivity index (χ2n) is 9.30. The summed E-state index contributed by atoms with van der Waals surface area (Å²) in [5, 5.41) is 0. The van der Waals surface area contributed by atoms with E-state index in [4.69, 9.17) is 9.57 Å². The first-order chi connectivity index (χ1) is 14.3. The molecule has 166 valence electrons. The number of hydrogen-bond donors (Lipinski definition) is 0. The zero-order chi connectivity index (χ0) is 21.7. The van der Waals surface area contributed by atoms with Crippen LogP contribution in [0.25, 0.3) is 0 Å². The number of ether oxygens (including phenoxy) is 1. The predicted molar refractivity (Wildman–Crippen MR) is 116 cm³/mol. The second-order valence-corrected chi connectivity index (χ2v) is 9.30. The number of hydrogen-bond acceptors (Lipinski definition) is 5. The van der Waals surface area contributed by atoms with E-state index in [1.807, 2.05) is 43.9 Å². The highest BCUT2D eigenvalue weighted by Gasteiger charge is 2.30. The summed E-state index contributed by atoms with van der Waals surface area (Å²) < 4.78 is 5.63. The molecule has 1 amide bonds. The van der Waals surface area contributed by atoms with Crippen molar-refractivity contribution in [2.24, 2.45) is 0 Å². The summed E-state index contributed by atoms with van der Waals surface area (Å²) in [5.74, 6) is 0. The number of amides is 1. The minimum Gasteiger partial charge on any atom is -0.433 e. The lowest BCUT2D eigenvalue weighted by Crippen LogP contribution is -2.43. The SMILES string of the molecule is CCN(COC(=O)N1CCCCC1)C1CCc2ccc([N+](=O)OC(C)(C)C)cc2C1. The zero-order valence-electron chi connectivity index (χ0n) is 18.9. The Bertz CT molecular complexity index is 753. The molecule has 0 radical (unpaired) electrons. The van der Waals surface area contributed by atoms with Crippen LogP contribution in [0, 0.1) is 4.91 Å². The van der Waals surface area contributed by atoms with E-state index in [-0.39, 0.29) is 12.1 Å². The molecular weight excluding hydrogens is 382 g/mol. The lowest BCUT2D eigenvalue weighted by Gasteiger charge is -2.34. The van der Waals surface area contributed by atoms with Gasteiger partial charge in [0.05, 0.1) is 4.91 Å². The van der Waals surface area contributed by atoms with Crippen molar-refractivity contribution in [1.82, 2.24) is 9.80 Å². The maximum atomic E-state index is 12.4. The van der Waals surface area contributed by atoms with E-state index in [1.54, 1.807) is 0 Å². The summed E-state index contributed by atoms with van der Waals surface area (Å²) in [4.78, 5) is 34.8. The summed E-state index contributed by atoms with van der Waals surface area (Å²) in [7, 11) is 0. The molecule has 0 bridgehead atoms. The first kappa shape index (κ1) is 22.5. The lowest BCUT2D eigenvalue weighted by atomic mass is 9.87. The highest BCUT2D eigenvalue weighted by molar-refractivity contribution is 5.67. The molecule has 1 heterocycles.